The van der Waals surface area contributed by atoms with Crippen LogP contribution in [0.4, 0.5) is 5.82 Å². The lowest BCUT2D eigenvalue weighted by molar-refractivity contribution is 0.112. The zero-order chi connectivity index (χ0) is 13.8. The van der Waals surface area contributed by atoms with Crippen LogP contribution in [0.3, 0.4) is 0 Å². The molecular weight excluding hydrogens is 262 g/mol. The van der Waals surface area contributed by atoms with Crippen LogP contribution in [-0.4, -0.2) is 28.8 Å². The van der Waals surface area contributed by atoms with Gasteiger partial charge in [0.15, 0.2) is 6.29 Å². The molecule has 1 aliphatic heterocycles. The van der Waals surface area contributed by atoms with Gasteiger partial charge in [0.2, 0.25) is 0 Å². The number of nitrogens with zero attached hydrogens (tertiary/aromatic N) is 3. The highest BCUT2D eigenvalue weighted by molar-refractivity contribution is 6.32. The van der Waals surface area contributed by atoms with Crippen LogP contribution in [0.25, 0.3) is 0 Å². The zero-order valence-corrected chi connectivity index (χ0v) is 12.3. The Hall–Kier alpha value is -1.16. The summed E-state index contributed by atoms with van der Waals surface area (Å²) < 4.78 is 0. The molecule has 5 heteroatoms. The molecule has 0 aliphatic carbocycles. The fraction of sp³-hybridized carbons (Fsp3) is 0.643. The summed E-state index contributed by atoms with van der Waals surface area (Å²) in [6.45, 7) is 4.94. The highest BCUT2D eigenvalue weighted by Gasteiger charge is 2.26. The van der Waals surface area contributed by atoms with Crippen LogP contribution < -0.4 is 4.90 Å². The molecule has 1 atom stereocenters. The summed E-state index contributed by atoms with van der Waals surface area (Å²) in [6.07, 6.45) is 6.57. The van der Waals surface area contributed by atoms with Gasteiger partial charge >= 0.3 is 0 Å². The Morgan fingerprint density at radius 3 is 2.89 bits per heavy atom. The van der Waals surface area contributed by atoms with Crippen LogP contribution in [0.2, 0.25) is 5.15 Å². The van der Waals surface area contributed by atoms with E-state index in [1.54, 1.807) is 0 Å². The van der Waals surface area contributed by atoms with Crippen LogP contribution in [0.1, 0.15) is 55.2 Å². The molecule has 2 rings (SSSR count). The van der Waals surface area contributed by atoms with Crippen molar-refractivity contribution in [2.24, 2.45) is 0 Å². The van der Waals surface area contributed by atoms with Crippen LogP contribution in [0.5, 0.6) is 0 Å². The maximum absolute atomic E-state index is 11.3. The summed E-state index contributed by atoms with van der Waals surface area (Å²) in [5.74, 6) is 1.33. The molecule has 1 aromatic heterocycles. The quantitative estimate of drug-likeness (QED) is 0.627. The zero-order valence-electron chi connectivity index (χ0n) is 11.5. The fourth-order valence-corrected chi connectivity index (χ4v) is 3.02. The average Bonchev–Trinajstić information content (AvgIpc) is 2.39. The predicted octanol–water partition coefficient (Wildman–Crippen LogP) is 3.41. The summed E-state index contributed by atoms with van der Waals surface area (Å²) in [7, 11) is 0. The van der Waals surface area contributed by atoms with Crippen molar-refractivity contribution >= 4 is 23.7 Å². The molecule has 0 spiro atoms. The summed E-state index contributed by atoms with van der Waals surface area (Å²) in [5.41, 5.74) is 0.426. The number of anilines is 1. The lowest BCUT2D eigenvalue weighted by Crippen LogP contribution is -2.40. The van der Waals surface area contributed by atoms with Crippen LogP contribution in [-0.2, 0) is 0 Å². The first-order valence-corrected chi connectivity index (χ1v) is 7.31. The van der Waals surface area contributed by atoms with Gasteiger partial charge in [-0.2, -0.15) is 0 Å². The van der Waals surface area contributed by atoms with Gasteiger partial charge in [-0.25, -0.2) is 9.97 Å². The van der Waals surface area contributed by atoms with Gasteiger partial charge in [0.25, 0.3) is 0 Å². The number of carbonyl (C=O) groups excluding carboxylic acids is 1. The highest BCUT2D eigenvalue weighted by atomic mass is 35.5. The minimum absolute atomic E-state index is 0.262. The van der Waals surface area contributed by atoms with Crippen molar-refractivity contribution in [2.75, 3.05) is 11.4 Å². The Kier molecular flexibility index (Phi) is 4.75. The number of aryl methyl sites for hydroxylation is 1. The van der Waals surface area contributed by atoms with Crippen molar-refractivity contribution in [2.45, 2.75) is 52.0 Å². The van der Waals surface area contributed by atoms with Gasteiger partial charge in [0.05, 0.1) is 5.56 Å². The smallest absolute Gasteiger partial charge is 0.156 e. The summed E-state index contributed by atoms with van der Waals surface area (Å²) in [6, 6.07) is 0.461. The first-order valence-electron chi connectivity index (χ1n) is 6.93. The van der Waals surface area contributed by atoms with E-state index in [1.165, 1.54) is 6.42 Å². The molecule has 104 valence electrons. The molecule has 0 aromatic carbocycles. The summed E-state index contributed by atoms with van der Waals surface area (Å²) in [4.78, 5) is 22.1. The number of carbonyl (C=O) groups is 1. The topological polar surface area (TPSA) is 46.1 Å². The Balaban J connectivity index is 2.40. The van der Waals surface area contributed by atoms with E-state index in [9.17, 15) is 4.79 Å². The van der Waals surface area contributed by atoms with Gasteiger partial charge in [-0.15, -0.1) is 0 Å². The molecule has 0 bridgehead atoms. The van der Waals surface area contributed by atoms with E-state index in [0.29, 0.717) is 23.2 Å². The minimum atomic E-state index is 0.262. The van der Waals surface area contributed by atoms with Gasteiger partial charge in [0, 0.05) is 12.6 Å². The monoisotopic (exact) mass is 281 g/mol. The first kappa shape index (κ1) is 14.3. The first-order chi connectivity index (χ1) is 9.17. The molecule has 0 saturated carbocycles. The van der Waals surface area contributed by atoms with Gasteiger partial charge in [-0.05, 0) is 32.6 Å². The Labute approximate surface area is 119 Å². The van der Waals surface area contributed by atoms with Crippen LogP contribution in [0, 0.1) is 6.92 Å². The number of hydrogen-bond acceptors (Lipinski definition) is 4. The summed E-state index contributed by atoms with van der Waals surface area (Å²) >= 11 is 6.07. The van der Waals surface area contributed by atoms with E-state index >= 15 is 0 Å². The van der Waals surface area contributed by atoms with Gasteiger partial charge in [0.1, 0.15) is 16.8 Å². The van der Waals surface area contributed by atoms with Gasteiger partial charge < -0.3 is 4.90 Å². The van der Waals surface area contributed by atoms with E-state index in [4.69, 9.17) is 11.6 Å². The number of piperidine rings is 1. The third-order valence-corrected chi connectivity index (χ3v) is 3.92. The van der Waals surface area contributed by atoms with Crippen molar-refractivity contribution in [3.63, 3.8) is 0 Å². The molecule has 1 fully saturated rings. The molecule has 0 N–H and O–H groups in total. The average molecular weight is 282 g/mol. The largest absolute Gasteiger partial charge is 0.353 e. The minimum Gasteiger partial charge on any atom is -0.353 e. The summed E-state index contributed by atoms with van der Waals surface area (Å²) in [5, 5.41) is 0.262. The fourth-order valence-electron chi connectivity index (χ4n) is 2.77. The molecule has 0 amide bonds. The Bertz CT molecular complexity index is 462. The molecule has 1 unspecified atom stereocenters. The SMILES string of the molecule is CCCC1CCCCN1c1nc(C)nc(Cl)c1C=O. The second kappa shape index (κ2) is 6.33. The van der Waals surface area contributed by atoms with Crippen molar-refractivity contribution in [3.8, 4) is 0 Å². The Morgan fingerprint density at radius 2 is 2.21 bits per heavy atom. The molecule has 1 aromatic rings. The standard InChI is InChI=1S/C14H20ClN3O/c1-3-6-11-7-4-5-8-18(11)14-12(9-19)13(15)16-10(2)17-14/h9,11H,3-8H2,1-2H3. The van der Waals surface area contributed by atoms with E-state index in [-0.39, 0.29) is 5.15 Å². The number of hydrogen-bond donors (Lipinski definition) is 0. The second-order valence-corrected chi connectivity index (χ2v) is 5.41. The second-order valence-electron chi connectivity index (χ2n) is 5.05. The normalized spacial score (nSPS) is 19.5. The van der Waals surface area contributed by atoms with Crippen LogP contribution >= 0.6 is 11.6 Å². The van der Waals surface area contributed by atoms with Crippen molar-refractivity contribution < 1.29 is 4.79 Å². The predicted molar refractivity (Wildman–Crippen MR) is 77.1 cm³/mol. The lowest BCUT2D eigenvalue weighted by Gasteiger charge is -2.37. The maximum atomic E-state index is 11.3. The highest BCUT2D eigenvalue weighted by Crippen LogP contribution is 2.30. The number of halogens is 1. The molecular formula is C14H20ClN3O. The molecule has 4 nitrogen and oxygen atoms in total. The van der Waals surface area contributed by atoms with E-state index in [0.717, 1.165) is 38.5 Å². The van der Waals surface area contributed by atoms with Crippen LogP contribution in [0.15, 0.2) is 0 Å². The molecule has 1 saturated heterocycles. The number of aromatic nitrogens is 2. The van der Waals surface area contributed by atoms with Gasteiger partial charge in [-0.3, -0.25) is 4.79 Å². The molecule has 19 heavy (non-hydrogen) atoms. The molecule has 2 heterocycles. The number of aldehydes is 1. The Morgan fingerprint density at radius 1 is 1.42 bits per heavy atom. The van der Waals surface area contributed by atoms with E-state index in [2.05, 4.69) is 21.8 Å². The van der Waals surface area contributed by atoms with Crippen molar-refractivity contribution in [1.82, 2.24) is 9.97 Å². The number of rotatable bonds is 4. The molecule has 1 aliphatic rings. The third kappa shape index (κ3) is 3.06. The lowest BCUT2D eigenvalue weighted by atomic mass is 9.98. The van der Waals surface area contributed by atoms with E-state index < -0.39 is 0 Å². The van der Waals surface area contributed by atoms with Crippen molar-refractivity contribution in [1.29, 1.82) is 0 Å². The van der Waals surface area contributed by atoms with E-state index in [1.807, 2.05) is 6.92 Å². The third-order valence-electron chi connectivity index (χ3n) is 3.63. The maximum Gasteiger partial charge on any atom is 0.156 e. The van der Waals surface area contributed by atoms with Gasteiger partial charge in [-0.1, -0.05) is 24.9 Å². The van der Waals surface area contributed by atoms with Crippen molar-refractivity contribution in [3.05, 3.63) is 16.5 Å². The molecule has 0 radical (unpaired) electrons.